The average Bonchev–Trinajstić information content (AvgIpc) is 1.57. The van der Waals surface area contributed by atoms with E-state index in [2.05, 4.69) is 280 Å². The summed E-state index contributed by atoms with van der Waals surface area (Å²) in [6.45, 7) is 0. The van der Waals surface area contributed by atoms with Gasteiger partial charge in [0.25, 0.3) is 0 Å². The third-order valence-electron chi connectivity index (χ3n) is 20.7. The lowest BCUT2D eigenvalue weighted by Gasteiger charge is -2.11. The van der Waals surface area contributed by atoms with Crippen LogP contribution in [0, 0.1) is 0 Å². The van der Waals surface area contributed by atoms with Crippen LogP contribution >= 0.6 is 34.0 Å². The number of thiophene rings is 3. The van der Waals surface area contributed by atoms with Crippen LogP contribution in [0.5, 0.6) is 0 Å². The zero-order chi connectivity index (χ0) is 66.4. The molecule has 0 aliphatic heterocycles. The van der Waals surface area contributed by atoms with E-state index in [1.54, 1.807) is 0 Å². The lowest BCUT2D eigenvalue weighted by atomic mass is 9.99. The molecule has 23 rings (SSSR count). The molecule has 0 amide bonds. The van der Waals surface area contributed by atoms with E-state index in [1.807, 2.05) is 58.3 Å². The van der Waals surface area contributed by atoms with Crippen LogP contribution in [0.25, 0.3) is 222 Å². The van der Waals surface area contributed by atoms with Gasteiger partial charge in [-0.2, -0.15) is 4.98 Å². The number of benzene rings is 14. The minimum absolute atomic E-state index is 0.552. The molecule has 0 unspecified atom stereocenters. The number of nitrogens with zero attached hydrogens (tertiary/aromatic N) is 8. The van der Waals surface area contributed by atoms with Crippen molar-refractivity contribution in [2.45, 2.75) is 0 Å². The standard InChI is InChI=1S/C89H48N8O2S3/c1-2-13-49(14-3-1)86-92-87(94-88(93-86)55-16-12-15-51(43-55)52-28-38-75-62(44-52)85-79(101-75)41-34-70-81(85)59-18-5-9-22-67(59)96(70)57-32-37-72-64(47-57)90-48-98-72)50-25-30-56(31-26-50)95-66-21-8-4-17-58(66)80-69(95)33-40-78-84(80)63-45-53(29-39-76(63)102-78)54-27-36-73-65(46-54)91-89(99-73)97-68-23-10-6-19-60(68)82-71(97)35-42-77-83(82)61-20-7-11-24-74(61)100-77/h1-48H. The Bertz CT molecular complexity index is 7530. The van der Waals surface area contributed by atoms with Crippen molar-refractivity contribution in [2.75, 3.05) is 0 Å². The van der Waals surface area contributed by atoms with E-state index in [0.29, 0.717) is 23.5 Å². The summed E-state index contributed by atoms with van der Waals surface area (Å²) in [5.74, 6) is 1.80. The molecule has 23 aromatic rings. The van der Waals surface area contributed by atoms with Crippen LogP contribution in [-0.4, -0.2) is 38.6 Å². The maximum Gasteiger partial charge on any atom is 0.307 e. The minimum Gasteiger partial charge on any atom is -0.443 e. The second-order valence-electron chi connectivity index (χ2n) is 26.3. The average molecular weight is 1360 g/mol. The van der Waals surface area contributed by atoms with Gasteiger partial charge in [0.05, 0.1) is 33.1 Å². The van der Waals surface area contributed by atoms with Crippen LogP contribution in [-0.2, 0) is 0 Å². The van der Waals surface area contributed by atoms with E-state index in [0.717, 1.165) is 106 Å². The Labute approximate surface area is 590 Å². The molecule has 0 aliphatic carbocycles. The molecular formula is C89H48N8O2S3. The highest BCUT2D eigenvalue weighted by Crippen LogP contribution is 2.49. The highest BCUT2D eigenvalue weighted by Gasteiger charge is 2.25. The van der Waals surface area contributed by atoms with Gasteiger partial charge >= 0.3 is 6.01 Å². The molecule has 0 aliphatic rings. The number of rotatable bonds is 8. The number of fused-ring (bicyclic) bond motifs is 23. The molecule has 474 valence electrons. The summed E-state index contributed by atoms with van der Waals surface area (Å²) in [6, 6.07) is 103. The van der Waals surface area contributed by atoms with Gasteiger partial charge in [0.1, 0.15) is 11.0 Å². The van der Waals surface area contributed by atoms with E-state index >= 15 is 0 Å². The summed E-state index contributed by atoms with van der Waals surface area (Å²) in [5.41, 5.74) is 19.0. The molecule has 14 aromatic carbocycles. The van der Waals surface area contributed by atoms with E-state index in [-0.39, 0.29) is 0 Å². The summed E-state index contributed by atoms with van der Waals surface area (Å²) < 4.78 is 26.8. The van der Waals surface area contributed by atoms with Gasteiger partial charge in [-0.25, -0.2) is 19.9 Å². The molecule has 0 saturated heterocycles. The topological polar surface area (TPSA) is 106 Å². The van der Waals surface area contributed by atoms with Crippen LogP contribution in [0.3, 0.4) is 0 Å². The first-order valence-corrected chi connectivity index (χ1v) is 36.4. The van der Waals surface area contributed by atoms with Crippen molar-refractivity contribution in [2.24, 2.45) is 0 Å². The SMILES string of the molecule is c1ccc(-c2nc(-c3ccc(-n4c5ccccc5c5c6c(ccc54)sc4ccc(-c5ccc7oc(-n8c9ccccc9c9c%10c(ccc98)sc8ccccc8%10)nc7c5)cc46)cc3)nc(-c3cccc(-c4ccc5sc6ccc7c(c8ccccc8n7-c7ccc8ocnc8c7)c6c5c4)c3)n2)cc1. The van der Waals surface area contributed by atoms with Crippen molar-refractivity contribution in [3.8, 4) is 73.8 Å². The zero-order valence-corrected chi connectivity index (χ0v) is 56.3. The maximum atomic E-state index is 6.72. The Hall–Kier alpha value is -12.9. The lowest BCUT2D eigenvalue weighted by Crippen LogP contribution is -2.00. The Balaban J connectivity index is 0.602. The number of oxazole rings is 2. The summed E-state index contributed by atoms with van der Waals surface area (Å²) in [5, 5.41) is 14.8. The first-order valence-electron chi connectivity index (χ1n) is 33.9. The molecule has 0 atom stereocenters. The van der Waals surface area contributed by atoms with E-state index in [1.165, 1.54) is 99.2 Å². The fourth-order valence-corrected chi connectivity index (χ4v) is 19.5. The molecule has 0 radical (unpaired) electrons. The molecule has 0 saturated carbocycles. The molecule has 9 heterocycles. The van der Waals surface area contributed by atoms with Crippen LogP contribution in [0.15, 0.2) is 300 Å². The van der Waals surface area contributed by atoms with Gasteiger partial charge in [-0.15, -0.1) is 34.0 Å². The smallest absolute Gasteiger partial charge is 0.307 e. The third kappa shape index (κ3) is 8.23. The van der Waals surface area contributed by atoms with Crippen molar-refractivity contribution in [3.63, 3.8) is 0 Å². The summed E-state index contributed by atoms with van der Waals surface area (Å²) >= 11 is 5.51. The molecule has 13 heteroatoms. The Kier molecular flexibility index (Phi) is 11.7. The van der Waals surface area contributed by atoms with Gasteiger partial charge in [0, 0.05) is 121 Å². The van der Waals surface area contributed by atoms with Gasteiger partial charge in [-0.1, -0.05) is 140 Å². The highest BCUT2D eigenvalue weighted by atomic mass is 32.1. The van der Waals surface area contributed by atoms with Crippen LogP contribution in [0.1, 0.15) is 0 Å². The van der Waals surface area contributed by atoms with E-state index in [9.17, 15) is 0 Å². The van der Waals surface area contributed by atoms with Crippen molar-refractivity contribution in [1.29, 1.82) is 0 Å². The number of para-hydroxylation sites is 3. The second-order valence-corrected chi connectivity index (χ2v) is 29.5. The van der Waals surface area contributed by atoms with Crippen molar-refractivity contribution in [3.05, 3.63) is 292 Å². The van der Waals surface area contributed by atoms with Gasteiger partial charge < -0.3 is 18.0 Å². The molecule has 0 fully saturated rings. The first-order chi connectivity index (χ1) is 50.5. The van der Waals surface area contributed by atoms with Crippen LogP contribution < -0.4 is 0 Å². The molecule has 0 bridgehead atoms. The van der Waals surface area contributed by atoms with Crippen molar-refractivity contribution < 1.29 is 8.83 Å². The second kappa shape index (κ2) is 21.3. The zero-order valence-electron chi connectivity index (χ0n) is 53.8. The van der Waals surface area contributed by atoms with Crippen LogP contribution in [0.4, 0.5) is 0 Å². The highest BCUT2D eigenvalue weighted by molar-refractivity contribution is 7.27. The summed E-state index contributed by atoms with van der Waals surface area (Å²) in [4.78, 5) is 25.5. The molecule has 0 N–H and O–H groups in total. The minimum atomic E-state index is 0.552. The van der Waals surface area contributed by atoms with Crippen molar-refractivity contribution >= 4 is 182 Å². The molecule has 102 heavy (non-hydrogen) atoms. The maximum absolute atomic E-state index is 6.72. The van der Waals surface area contributed by atoms with Gasteiger partial charge in [0.15, 0.2) is 35.0 Å². The fourth-order valence-electron chi connectivity index (χ4n) is 16.2. The van der Waals surface area contributed by atoms with E-state index in [4.69, 9.17) is 28.8 Å². The van der Waals surface area contributed by atoms with E-state index < -0.39 is 0 Å². The largest absolute Gasteiger partial charge is 0.443 e. The summed E-state index contributed by atoms with van der Waals surface area (Å²) in [7, 11) is 0. The first kappa shape index (κ1) is 56.0. The quantitative estimate of drug-likeness (QED) is 0.149. The number of aromatic nitrogens is 8. The normalized spacial score (nSPS) is 12.3. The predicted octanol–water partition coefficient (Wildman–Crippen LogP) is 24.9. The summed E-state index contributed by atoms with van der Waals surface area (Å²) in [6.07, 6.45) is 1.51. The molecule has 0 spiro atoms. The molecular weight excluding hydrogens is 1310 g/mol. The molecule has 10 nitrogen and oxygen atoms in total. The number of hydrogen-bond acceptors (Lipinski definition) is 10. The lowest BCUT2D eigenvalue weighted by molar-refractivity contribution is 0.574. The van der Waals surface area contributed by atoms with Gasteiger partial charge in [-0.3, -0.25) is 4.57 Å². The van der Waals surface area contributed by atoms with Crippen LogP contribution in [0.2, 0.25) is 0 Å². The van der Waals surface area contributed by atoms with Gasteiger partial charge in [-0.05, 0) is 168 Å². The Morgan fingerprint density at radius 2 is 0.696 bits per heavy atom. The Morgan fingerprint density at radius 1 is 0.255 bits per heavy atom. The molecule has 9 aromatic heterocycles. The number of hydrogen-bond donors (Lipinski definition) is 0. The monoisotopic (exact) mass is 1360 g/mol. The Morgan fingerprint density at radius 3 is 1.33 bits per heavy atom. The predicted molar refractivity (Wildman–Crippen MR) is 424 cm³/mol. The van der Waals surface area contributed by atoms with Crippen molar-refractivity contribution in [1.82, 2.24) is 38.6 Å². The third-order valence-corrected chi connectivity index (χ3v) is 24.1. The fraction of sp³-hybridized carbons (Fsp3) is 0. The van der Waals surface area contributed by atoms with Gasteiger partial charge in [0.2, 0.25) is 0 Å².